The van der Waals surface area contributed by atoms with Gasteiger partial charge in [0.2, 0.25) is 0 Å². The van der Waals surface area contributed by atoms with Crippen molar-refractivity contribution in [2.45, 2.75) is 13.3 Å². The van der Waals surface area contributed by atoms with Gasteiger partial charge in [0.25, 0.3) is 0 Å². The van der Waals surface area contributed by atoms with Crippen LogP contribution in [0, 0.1) is 11.3 Å². The SMILES string of the molecule is CCOC(=O)c1c(O)ccc(OC(F)(F)F)c1C#N. The first kappa shape index (κ1) is 14.6. The summed E-state index contributed by atoms with van der Waals surface area (Å²) in [7, 11) is 0. The number of phenolic OH excluding ortho intramolecular Hbond substituents is 1. The number of hydrogen-bond acceptors (Lipinski definition) is 5. The summed E-state index contributed by atoms with van der Waals surface area (Å²) in [6.07, 6.45) is -5.02. The number of ether oxygens (including phenoxy) is 2. The molecule has 0 aromatic heterocycles. The van der Waals surface area contributed by atoms with Crippen LogP contribution in [0.5, 0.6) is 11.5 Å². The summed E-state index contributed by atoms with van der Waals surface area (Å²) in [6.45, 7) is 1.41. The Bertz CT molecular complexity index is 534. The zero-order chi connectivity index (χ0) is 14.6. The van der Waals surface area contributed by atoms with Crippen LogP contribution in [-0.2, 0) is 4.74 Å². The predicted octanol–water partition coefficient (Wildman–Crippen LogP) is 2.34. The average molecular weight is 275 g/mol. The number of nitrogens with zero attached hydrogens (tertiary/aromatic N) is 1. The van der Waals surface area contributed by atoms with Crippen molar-refractivity contribution >= 4 is 5.97 Å². The molecule has 0 aliphatic rings. The highest BCUT2D eigenvalue weighted by Crippen LogP contribution is 2.33. The first-order valence-electron chi connectivity index (χ1n) is 4.99. The quantitative estimate of drug-likeness (QED) is 0.856. The highest BCUT2D eigenvalue weighted by Gasteiger charge is 2.34. The molecular formula is C11H8F3NO4. The Morgan fingerprint density at radius 2 is 2.11 bits per heavy atom. The second kappa shape index (κ2) is 5.48. The Hall–Kier alpha value is -2.43. The smallest absolute Gasteiger partial charge is 0.507 e. The average Bonchev–Trinajstić information content (AvgIpc) is 2.29. The highest BCUT2D eigenvalue weighted by molar-refractivity contribution is 5.96. The summed E-state index contributed by atoms with van der Waals surface area (Å²) in [5, 5.41) is 18.3. The van der Waals surface area contributed by atoms with Crippen molar-refractivity contribution in [3.63, 3.8) is 0 Å². The molecule has 102 valence electrons. The van der Waals surface area contributed by atoms with Crippen molar-refractivity contribution < 1.29 is 32.5 Å². The number of esters is 1. The molecule has 0 bridgehead atoms. The van der Waals surface area contributed by atoms with Gasteiger partial charge in [-0.05, 0) is 19.1 Å². The number of phenols is 1. The second-order valence-electron chi connectivity index (χ2n) is 3.21. The molecule has 19 heavy (non-hydrogen) atoms. The van der Waals surface area contributed by atoms with Crippen LogP contribution in [0.3, 0.4) is 0 Å². The maximum Gasteiger partial charge on any atom is 0.573 e. The first-order valence-corrected chi connectivity index (χ1v) is 4.99. The molecular weight excluding hydrogens is 267 g/mol. The number of carbonyl (C=O) groups is 1. The number of halogens is 3. The van der Waals surface area contributed by atoms with E-state index in [-0.39, 0.29) is 6.61 Å². The summed E-state index contributed by atoms with van der Waals surface area (Å²) in [5.74, 6) is -2.65. The predicted molar refractivity (Wildman–Crippen MR) is 55.5 cm³/mol. The van der Waals surface area contributed by atoms with Crippen LogP contribution in [0.4, 0.5) is 13.2 Å². The Morgan fingerprint density at radius 3 is 2.58 bits per heavy atom. The summed E-state index contributed by atoms with van der Waals surface area (Å²) in [6, 6.07) is 2.93. The lowest BCUT2D eigenvalue weighted by atomic mass is 10.1. The molecule has 1 aromatic carbocycles. The van der Waals surface area contributed by atoms with Gasteiger partial charge in [0.05, 0.1) is 6.61 Å². The van der Waals surface area contributed by atoms with Crippen molar-refractivity contribution in [1.29, 1.82) is 5.26 Å². The topological polar surface area (TPSA) is 79.6 Å². The molecule has 1 rings (SSSR count). The minimum atomic E-state index is -5.02. The number of carbonyl (C=O) groups excluding carboxylic acids is 1. The molecule has 0 radical (unpaired) electrons. The summed E-state index contributed by atoms with van der Waals surface area (Å²) in [4.78, 5) is 11.5. The minimum Gasteiger partial charge on any atom is -0.507 e. The van der Waals surface area contributed by atoms with Crippen LogP contribution in [0.15, 0.2) is 12.1 Å². The van der Waals surface area contributed by atoms with Gasteiger partial charge in [0.1, 0.15) is 28.7 Å². The summed E-state index contributed by atoms with van der Waals surface area (Å²) in [5.41, 5.74) is -1.40. The van der Waals surface area contributed by atoms with Gasteiger partial charge < -0.3 is 14.6 Å². The molecule has 0 aliphatic carbocycles. The van der Waals surface area contributed by atoms with Crippen molar-refractivity contribution in [3.05, 3.63) is 23.3 Å². The summed E-state index contributed by atoms with van der Waals surface area (Å²) < 4.78 is 44.5. The molecule has 0 atom stereocenters. The third-order valence-corrected chi connectivity index (χ3v) is 1.96. The lowest BCUT2D eigenvalue weighted by molar-refractivity contribution is -0.274. The lowest BCUT2D eigenvalue weighted by Crippen LogP contribution is -2.19. The number of hydrogen-bond donors (Lipinski definition) is 1. The molecule has 0 heterocycles. The summed E-state index contributed by atoms with van der Waals surface area (Å²) >= 11 is 0. The maximum absolute atomic E-state index is 12.1. The third kappa shape index (κ3) is 3.51. The molecule has 0 fully saturated rings. The number of aromatic hydroxyl groups is 1. The van der Waals surface area contributed by atoms with E-state index >= 15 is 0 Å². The second-order valence-corrected chi connectivity index (χ2v) is 3.21. The Morgan fingerprint density at radius 1 is 1.47 bits per heavy atom. The number of alkyl halides is 3. The molecule has 5 nitrogen and oxygen atoms in total. The Balaban J connectivity index is 3.35. The molecule has 0 saturated carbocycles. The van der Waals surface area contributed by atoms with Crippen LogP contribution >= 0.6 is 0 Å². The van der Waals surface area contributed by atoms with Gasteiger partial charge in [-0.2, -0.15) is 5.26 Å². The monoisotopic (exact) mass is 275 g/mol. The van der Waals surface area contributed by atoms with Crippen LogP contribution < -0.4 is 4.74 Å². The highest BCUT2D eigenvalue weighted by atomic mass is 19.4. The van der Waals surface area contributed by atoms with Gasteiger partial charge >= 0.3 is 12.3 Å². The van der Waals surface area contributed by atoms with E-state index in [4.69, 9.17) is 5.26 Å². The van der Waals surface area contributed by atoms with Gasteiger partial charge in [-0.25, -0.2) is 4.79 Å². The first-order chi connectivity index (χ1) is 8.80. The largest absolute Gasteiger partial charge is 0.573 e. The van der Waals surface area contributed by atoms with Gasteiger partial charge in [-0.3, -0.25) is 0 Å². The Labute approximate surface area is 105 Å². The fourth-order valence-electron chi connectivity index (χ4n) is 1.30. The standard InChI is InChI=1S/C11H8F3NO4/c1-2-18-10(17)9-6(5-15)8(4-3-7(9)16)19-11(12,13)14/h3-4,16H,2H2,1H3. The minimum absolute atomic E-state index is 0.0620. The van der Waals surface area contributed by atoms with E-state index in [0.29, 0.717) is 0 Å². The zero-order valence-corrected chi connectivity index (χ0v) is 9.61. The maximum atomic E-state index is 12.1. The zero-order valence-electron chi connectivity index (χ0n) is 9.61. The van der Waals surface area contributed by atoms with E-state index in [2.05, 4.69) is 9.47 Å². The normalized spacial score (nSPS) is 10.7. The van der Waals surface area contributed by atoms with E-state index in [9.17, 15) is 23.1 Å². The molecule has 0 unspecified atom stereocenters. The fourth-order valence-corrected chi connectivity index (χ4v) is 1.30. The third-order valence-electron chi connectivity index (χ3n) is 1.96. The molecule has 0 saturated heterocycles. The van der Waals surface area contributed by atoms with Crippen molar-refractivity contribution in [3.8, 4) is 17.6 Å². The molecule has 1 N–H and O–H groups in total. The van der Waals surface area contributed by atoms with Crippen molar-refractivity contribution in [2.75, 3.05) is 6.61 Å². The van der Waals surface area contributed by atoms with Gasteiger partial charge in [0.15, 0.2) is 0 Å². The molecule has 8 heteroatoms. The molecule has 1 aromatic rings. The number of benzene rings is 1. The van der Waals surface area contributed by atoms with Gasteiger partial charge in [-0.15, -0.1) is 13.2 Å². The number of rotatable bonds is 3. The molecule has 0 aliphatic heterocycles. The van der Waals surface area contributed by atoms with Crippen molar-refractivity contribution in [2.24, 2.45) is 0 Å². The van der Waals surface area contributed by atoms with E-state index in [1.807, 2.05) is 0 Å². The van der Waals surface area contributed by atoms with Gasteiger partial charge in [-0.1, -0.05) is 0 Å². The molecule has 0 amide bonds. The van der Waals surface area contributed by atoms with Crippen LogP contribution in [0.1, 0.15) is 22.8 Å². The Kier molecular flexibility index (Phi) is 4.22. The van der Waals surface area contributed by atoms with E-state index in [1.54, 1.807) is 0 Å². The fraction of sp³-hybridized carbons (Fsp3) is 0.273. The van der Waals surface area contributed by atoms with E-state index < -0.39 is 35.0 Å². The van der Waals surface area contributed by atoms with Gasteiger partial charge in [0, 0.05) is 0 Å². The van der Waals surface area contributed by atoms with E-state index in [1.165, 1.54) is 13.0 Å². The molecule has 0 spiro atoms. The number of nitriles is 1. The van der Waals surface area contributed by atoms with E-state index in [0.717, 1.165) is 12.1 Å². The van der Waals surface area contributed by atoms with Crippen LogP contribution in [0.25, 0.3) is 0 Å². The van der Waals surface area contributed by atoms with Crippen molar-refractivity contribution in [1.82, 2.24) is 0 Å². The van der Waals surface area contributed by atoms with Crippen LogP contribution in [0.2, 0.25) is 0 Å². The van der Waals surface area contributed by atoms with Crippen LogP contribution in [-0.4, -0.2) is 24.0 Å². The lowest BCUT2D eigenvalue weighted by Gasteiger charge is -2.13.